The minimum Gasteiger partial charge on any atom is -0.467 e. The van der Waals surface area contributed by atoms with Crippen LogP contribution in [0.1, 0.15) is 20.3 Å². The second-order valence-corrected chi connectivity index (χ2v) is 4.03. The van der Waals surface area contributed by atoms with Crippen LogP contribution in [0, 0.1) is 0 Å². The fourth-order valence-corrected chi connectivity index (χ4v) is 0.999. The van der Waals surface area contributed by atoms with E-state index in [4.69, 9.17) is 19.9 Å². The Labute approximate surface area is 100 Å². The summed E-state index contributed by atoms with van der Waals surface area (Å²) in [7, 11) is 3.11. The number of ether oxygens (including phenoxy) is 3. The molecule has 7 nitrogen and oxygen atoms in total. The minimum atomic E-state index is -0.247. The molecule has 0 aromatic carbocycles. The molecule has 96 valence electrons. The first-order chi connectivity index (χ1) is 7.96. The summed E-state index contributed by atoms with van der Waals surface area (Å²) in [5.74, 6) is 0.0675. The van der Waals surface area contributed by atoms with Crippen LogP contribution in [0.3, 0.4) is 0 Å². The van der Waals surface area contributed by atoms with Crippen molar-refractivity contribution in [2.75, 3.05) is 26.6 Å². The van der Waals surface area contributed by atoms with Gasteiger partial charge in [0.05, 0.1) is 19.3 Å². The fraction of sp³-hybridized carbons (Fsp3) is 0.700. The van der Waals surface area contributed by atoms with E-state index in [1.165, 1.54) is 7.11 Å². The quantitative estimate of drug-likeness (QED) is 0.783. The van der Waals surface area contributed by atoms with Crippen molar-refractivity contribution in [2.24, 2.45) is 0 Å². The predicted molar refractivity (Wildman–Crippen MR) is 62.0 cm³/mol. The Morgan fingerprint density at radius 1 is 1.12 bits per heavy atom. The molecule has 1 aromatic rings. The van der Waals surface area contributed by atoms with Gasteiger partial charge in [0.25, 0.3) is 0 Å². The van der Waals surface area contributed by atoms with E-state index in [0.29, 0.717) is 13.0 Å². The Balaban J connectivity index is 2.55. The van der Waals surface area contributed by atoms with Crippen LogP contribution in [0.5, 0.6) is 12.0 Å². The molecule has 0 aliphatic heterocycles. The summed E-state index contributed by atoms with van der Waals surface area (Å²) in [4.78, 5) is 11.5. The van der Waals surface area contributed by atoms with Gasteiger partial charge in [0, 0.05) is 13.5 Å². The number of hydrogen-bond donors (Lipinski definition) is 1. The van der Waals surface area contributed by atoms with Crippen LogP contribution in [0.4, 0.5) is 5.95 Å². The van der Waals surface area contributed by atoms with Gasteiger partial charge in [0.1, 0.15) is 0 Å². The van der Waals surface area contributed by atoms with E-state index in [1.807, 2.05) is 13.8 Å². The molecule has 1 aromatic heterocycles. The highest BCUT2D eigenvalue weighted by molar-refractivity contribution is 5.20. The van der Waals surface area contributed by atoms with Gasteiger partial charge in [-0.25, -0.2) is 0 Å². The number of methoxy groups -OCH3 is 2. The zero-order chi connectivity index (χ0) is 12.9. The van der Waals surface area contributed by atoms with Crippen molar-refractivity contribution >= 4 is 5.95 Å². The molecule has 0 spiro atoms. The Morgan fingerprint density at radius 2 is 1.76 bits per heavy atom. The van der Waals surface area contributed by atoms with Crippen molar-refractivity contribution in [3.63, 3.8) is 0 Å². The third kappa shape index (κ3) is 4.39. The molecule has 0 saturated carbocycles. The number of nitrogen functional groups attached to an aromatic ring is 1. The first-order valence-electron chi connectivity index (χ1n) is 5.20. The maximum Gasteiger partial charge on any atom is 0.324 e. The van der Waals surface area contributed by atoms with Gasteiger partial charge in [-0.15, -0.1) is 4.98 Å². The Morgan fingerprint density at radius 3 is 2.35 bits per heavy atom. The average Bonchev–Trinajstić information content (AvgIpc) is 2.28. The minimum absolute atomic E-state index is 0.0675. The van der Waals surface area contributed by atoms with Crippen molar-refractivity contribution in [3.05, 3.63) is 0 Å². The molecule has 0 amide bonds. The van der Waals surface area contributed by atoms with E-state index in [-0.39, 0.29) is 23.6 Å². The van der Waals surface area contributed by atoms with E-state index in [1.54, 1.807) is 7.11 Å². The molecule has 0 saturated heterocycles. The lowest BCUT2D eigenvalue weighted by molar-refractivity contribution is 0.00462. The van der Waals surface area contributed by atoms with Crippen molar-refractivity contribution < 1.29 is 14.2 Å². The van der Waals surface area contributed by atoms with Gasteiger partial charge in [-0.05, 0) is 13.8 Å². The van der Waals surface area contributed by atoms with Gasteiger partial charge in [-0.1, -0.05) is 0 Å². The number of nitrogens with zero attached hydrogens (tertiary/aromatic N) is 3. The maximum absolute atomic E-state index is 5.47. The second kappa shape index (κ2) is 5.62. The Bertz CT molecular complexity index is 371. The monoisotopic (exact) mass is 242 g/mol. The van der Waals surface area contributed by atoms with Gasteiger partial charge < -0.3 is 19.9 Å². The summed E-state index contributed by atoms with van der Waals surface area (Å²) in [5.41, 5.74) is 5.22. The number of anilines is 1. The zero-order valence-corrected chi connectivity index (χ0v) is 10.6. The van der Waals surface area contributed by atoms with E-state index in [9.17, 15) is 0 Å². The van der Waals surface area contributed by atoms with Gasteiger partial charge in [0.2, 0.25) is 5.95 Å². The Kier molecular flexibility index (Phi) is 4.45. The third-order valence-corrected chi connectivity index (χ3v) is 2.28. The van der Waals surface area contributed by atoms with Crippen molar-refractivity contribution in [3.8, 4) is 12.0 Å². The topological polar surface area (TPSA) is 92.4 Å². The summed E-state index contributed by atoms with van der Waals surface area (Å²) < 4.78 is 15.5. The highest BCUT2D eigenvalue weighted by Gasteiger charge is 2.16. The SMILES string of the molecule is COc1nc(N)nc(OCCC(C)(C)OC)n1. The number of rotatable bonds is 6. The molecule has 0 aliphatic carbocycles. The molecule has 0 fully saturated rings. The number of aromatic nitrogens is 3. The van der Waals surface area contributed by atoms with E-state index in [2.05, 4.69) is 15.0 Å². The highest BCUT2D eigenvalue weighted by atomic mass is 16.5. The molecule has 0 atom stereocenters. The van der Waals surface area contributed by atoms with E-state index >= 15 is 0 Å². The van der Waals surface area contributed by atoms with Crippen molar-refractivity contribution in [2.45, 2.75) is 25.9 Å². The summed E-state index contributed by atoms with van der Waals surface area (Å²) in [6.45, 7) is 4.37. The fourth-order valence-electron chi connectivity index (χ4n) is 0.999. The van der Waals surface area contributed by atoms with Gasteiger partial charge in [-0.3, -0.25) is 0 Å². The summed E-state index contributed by atoms with van der Waals surface area (Å²) in [5, 5.41) is 0. The molecular formula is C10H18N4O3. The maximum atomic E-state index is 5.47. The standard InChI is InChI=1S/C10H18N4O3/c1-10(2,16-4)5-6-17-9-13-7(11)12-8(14-9)15-3/h5-6H2,1-4H3,(H2,11,12,13,14). The first kappa shape index (κ1) is 13.4. The van der Waals surface area contributed by atoms with Crippen LogP contribution in [0.2, 0.25) is 0 Å². The molecule has 0 bridgehead atoms. The third-order valence-electron chi connectivity index (χ3n) is 2.28. The van der Waals surface area contributed by atoms with Gasteiger partial charge in [-0.2, -0.15) is 9.97 Å². The van der Waals surface area contributed by atoms with Crippen molar-refractivity contribution in [1.29, 1.82) is 0 Å². The first-order valence-corrected chi connectivity index (χ1v) is 5.20. The molecule has 0 radical (unpaired) electrons. The van der Waals surface area contributed by atoms with Crippen LogP contribution in [0.15, 0.2) is 0 Å². The molecule has 17 heavy (non-hydrogen) atoms. The van der Waals surface area contributed by atoms with Crippen LogP contribution < -0.4 is 15.2 Å². The lowest BCUT2D eigenvalue weighted by atomic mass is 10.1. The van der Waals surface area contributed by atoms with Crippen LogP contribution >= 0.6 is 0 Å². The molecule has 7 heteroatoms. The highest BCUT2D eigenvalue weighted by Crippen LogP contribution is 2.15. The largest absolute Gasteiger partial charge is 0.467 e. The molecule has 0 aliphatic rings. The normalized spacial score (nSPS) is 11.3. The van der Waals surface area contributed by atoms with Crippen LogP contribution in [-0.2, 0) is 4.74 Å². The molecule has 1 heterocycles. The molecular weight excluding hydrogens is 224 g/mol. The average molecular weight is 242 g/mol. The second-order valence-electron chi connectivity index (χ2n) is 4.03. The van der Waals surface area contributed by atoms with E-state index < -0.39 is 0 Å². The molecule has 0 unspecified atom stereocenters. The van der Waals surface area contributed by atoms with Crippen LogP contribution in [-0.4, -0.2) is 41.4 Å². The molecule has 2 N–H and O–H groups in total. The predicted octanol–water partition coefficient (Wildman–Crippen LogP) is 0.656. The van der Waals surface area contributed by atoms with Gasteiger partial charge in [0.15, 0.2) is 0 Å². The van der Waals surface area contributed by atoms with Gasteiger partial charge >= 0.3 is 12.0 Å². The summed E-state index contributed by atoms with van der Waals surface area (Å²) in [6.07, 6.45) is 0.706. The molecule has 1 rings (SSSR count). The summed E-state index contributed by atoms with van der Waals surface area (Å²) in [6, 6.07) is 0.291. The smallest absolute Gasteiger partial charge is 0.324 e. The van der Waals surface area contributed by atoms with Crippen LogP contribution in [0.25, 0.3) is 0 Å². The number of hydrogen-bond acceptors (Lipinski definition) is 7. The lowest BCUT2D eigenvalue weighted by Crippen LogP contribution is -2.25. The van der Waals surface area contributed by atoms with Crippen molar-refractivity contribution in [1.82, 2.24) is 15.0 Å². The Hall–Kier alpha value is -1.63. The number of nitrogens with two attached hydrogens (primary N) is 1. The summed E-state index contributed by atoms with van der Waals surface area (Å²) >= 11 is 0. The van der Waals surface area contributed by atoms with E-state index in [0.717, 1.165) is 0 Å². The lowest BCUT2D eigenvalue weighted by Gasteiger charge is -2.22. The zero-order valence-electron chi connectivity index (χ0n) is 10.6.